The number of carbonyl (C=O) groups is 1. The van der Waals surface area contributed by atoms with Crippen molar-refractivity contribution >= 4 is 5.91 Å². The lowest BCUT2D eigenvalue weighted by Gasteiger charge is -2.18. The summed E-state index contributed by atoms with van der Waals surface area (Å²) in [5, 5.41) is 9.68. The van der Waals surface area contributed by atoms with E-state index in [0.717, 1.165) is 12.0 Å². The van der Waals surface area contributed by atoms with Crippen molar-refractivity contribution in [2.45, 2.75) is 26.1 Å². The van der Waals surface area contributed by atoms with Crippen LogP contribution in [0.25, 0.3) is 0 Å². The maximum Gasteiger partial charge on any atom is 0.253 e. The molecule has 1 aromatic heterocycles. The Morgan fingerprint density at radius 3 is 3.00 bits per heavy atom. The highest BCUT2D eigenvalue weighted by Gasteiger charge is 2.29. The number of hydrogen-bond donors (Lipinski definition) is 1. The third-order valence-electron chi connectivity index (χ3n) is 4.40. The third-order valence-corrected chi connectivity index (χ3v) is 4.40. The highest BCUT2D eigenvalue weighted by molar-refractivity contribution is 5.94. The van der Waals surface area contributed by atoms with Gasteiger partial charge in [-0.05, 0) is 37.6 Å². The maximum atomic E-state index is 12.6. The van der Waals surface area contributed by atoms with Crippen LogP contribution in [0.15, 0.2) is 48.8 Å². The summed E-state index contributed by atoms with van der Waals surface area (Å²) in [6.45, 7) is 3.50. The van der Waals surface area contributed by atoms with Crippen molar-refractivity contribution in [1.82, 2.24) is 9.88 Å². The predicted molar refractivity (Wildman–Crippen MR) is 90.7 cm³/mol. The largest absolute Gasteiger partial charge is 0.489 e. The topological polar surface area (TPSA) is 62.7 Å². The molecule has 5 heteroatoms. The van der Waals surface area contributed by atoms with Gasteiger partial charge in [0.15, 0.2) is 0 Å². The number of ether oxygens (including phenoxy) is 1. The molecule has 1 amide bonds. The summed E-state index contributed by atoms with van der Waals surface area (Å²) in [7, 11) is 0. The molecule has 126 valence electrons. The van der Waals surface area contributed by atoms with Gasteiger partial charge >= 0.3 is 0 Å². The maximum absolute atomic E-state index is 12.6. The third kappa shape index (κ3) is 3.92. The Bertz CT molecular complexity index is 688. The van der Waals surface area contributed by atoms with Crippen LogP contribution in [0.5, 0.6) is 5.75 Å². The quantitative estimate of drug-likeness (QED) is 0.917. The van der Waals surface area contributed by atoms with Crippen molar-refractivity contribution < 1.29 is 14.6 Å². The van der Waals surface area contributed by atoms with E-state index < -0.39 is 0 Å². The second kappa shape index (κ2) is 7.45. The Balaban J connectivity index is 1.63. The first-order chi connectivity index (χ1) is 11.6. The van der Waals surface area contributed by atoms with E-state index in [0.29, 0.717) is 31.0 Å². The molecule has 1 aromatic carbocycles. The molecule has 0 bridgehead atoms. The Labute approximate surface area is 141 Å². The van der Waals surface area contributed by atoms with Crippen LogP contribution in [0, 0.1) is 5.92 Å². The van der Waals surface area contributed by atoms with E-state index in [1.807, 2.05) is 24.3 Å². The number of aliphatic hydroxyl groups excluding tert-OH is 1. The highest BCUT2D eigenvalue weighted by atomic mass is 16.5. The molecular weight excluding hydrogens is 304 g/mol. The molecule has 1 fully saturated rings. The Morgan fingerprint density at radius 2 is 2.29 bits per heavy atom. The molecule has 0 spiro atoms. The number of hydrogen-bond acceptors (Lipinski definition) is 4. The zero-order chi connectivity index (χ0) is 16.9. The molecule has 0 aliphatic carbocycles. The van der Waals surface area contributed by atoms with Crippen molar-refractivity contribution in [2.24, 2.45) is 5.92 Å². The summed E-state index contributed by atoms with van der Waals surface area (Å²) >= 11 is 0. The van der Waals surface area contributed by atoms with Gasteiger partial charge in [0.1, 0.15) is 12.4 Å². The first-order valence-corrected chi connectivity index (χ1v) is 8.22. The standard InChI is InChI=1S/C19H22N2O3/c1-14(22)17-7-9-21(12-17)19(23)16-5-2-6-18(10-16)24-13-15-4-3-8-20-11-15/h2-6,8,10-11,14,17,22H,7,9,12-13H2,1H3. The van der Waals surface area contributed by atoms with Crippen LogP contribution in [0.1, 0.15) is 29.3 Å². The summed E-state index contributed by atoms with van der Waals surface area (Å²) in [6.07, 6.45) is 3.95. The molecule has 2 heterocycles. The van der Waals surface area contributed by atoms with Crippen molar-refractivity contribution in [2.75, 3.05) is 13.1 Å². The summed E-state index contributed by atoms with van der Waals surface area (Å²) < 4.78 is 5.75. The molecular formula is C19H22N2O3. The SMILES string of the molecule is CC(O)C1CCN(C(=O)c2cccc(OCc3cccnc3)c2)C1. The van der Waals surface area contributed by atoms with Crippen LogP contribution >= 0.6 is 0 Å². The molecule has 1 aliphatic rings. The van der Waals surface area contributed by atoms with E-state index >= 15 is 0 Å². The summed E-state index contributed by atoms with van der Waals surface area (Å²) in [5.74, 6) is 0.819. The average Bonchev–Trinajstić information content (AvgIpc) is 3.11. The van der Waals surface area contributed by atoms with E-state index in [1.54, 1.807) is 36.4 Å². The van der Waals surface area contributed by atoms with Crippen molar-refractivity contribution in [3.05, 3.63) is 59.9 Å². The van der Waals surface area contributed by atoms with Crippen LogP contribution in [-0.2, 0) is 6.61 Å². The number of benzene rings is 1. The van der Waals surface area contributed by atoms with E-state index in [-0.39, 0.29) is 17.9 Å². The normalized spacial score (nSPS) is 18.4. The molecule has 1 saturated heterocycles. The first-order valence-electron chi connectivity index (χ1n) is 8.22. The van der Waals surface area contributed by atoms with E-state index in [4.69, 9.17) is 4.74 Å². The molecule has 2 unspecified atom stereocenters. The lowest BCUT2D eigenvalue weighted by molar-refractivity contribution is 0.0762. The number of pyridine rings is 1. The first kappa shape index (κ1) is 16.5. The molecule has 2 aromatic rings. The molecule has 5 nitrogen and oxygen atoms in total. The van der Waals surface area contributed by atoms with E-state index in [1.165, 1.54) is 0 Å². The summed E-state index contributed by atoms with van der Waals surface area (Å²) in [4.78, 5) is 18.5. The molecule has 0 saturated carbocycles. The van der Waals surface area contributed by atoms with Gasteiger partial charge in [0.25, 0.3) is 5.91 Å². The molecule has 0 radical (unpaired) electrons. The smallest absolute Gasteiger partial charge is 0.253 e. The van der Waals surface area contributed by atoms with Crippen LogP contribution in [-0.4, -0.2) is 40.1 Å². The second-order valence-corrected chi connectivity index (χ2v) is 6.22. The lowest BCUT2D eigenvalue weighted by atomic mass is 10.0. The fraction of sp³-hybridized carbons (Fsp3) is 0.368. The van der Waals surface area contributed by atoms with Crippen molar-refractivity contribution in [3.8, 4) is 5.75 Å². The van der Waals surface area contributed by atoms with Gasteiger partial charge in [0.2, 0.25) is 0 Å². The molecule has 24 heavy (non-hydrogen) atoms. The minimum atomic E-state index is -0.378. The summed E-state index contributed by atoms with van der Waals surface area (Å²) in [5.41, 5.74) is 1.60. The fourth-order valence-corrected chi connectivity index (χ4v) is 2.92. The highest BCUT2D eigenvalue weighted by Crippen LogP contribution is 2.23. The number of likely N-dealkylation sites (tertiary alicyclic amines) is 1. The number of aliphatic hydroxyl groups is 1. The number of rotatable bonds is 5. The zero-order valence-electron chi connectivity index (χ0n) is 13.8. The number of carbonyl (C=O) groups excluding carboxylic acids is 1. The van der Waals surface area contributed by atoms with Gasteiger partial charge in [-0.2, -0.15) is 0 Å². The predicted octanol–water partition coefficient (Wildman–Crippen LogP) is 2.50. The van der Waals surface area contributed by atoms with E-state index in [2.05, 4.69) is 4.98 Å². The summed E-state index contributed by atoms with van der Waals surface area (Å²) in [6, 6.07) is 11.1. The molecule has 1 N–H and O–H groups in total. The van der Waals surface area contributed by atoms with Crippen molar-refractivity contribution in [1.29, 1.82) is 0 Å². The molecule has 1 aliphatic heterocycles. The minimum absolute atomic E-state index is 0.00928. The second-order valence-electron chi connectivity index (χ2n) is 6.22. The lowest BCUT2D eigenvalue weighted by Crippen LogP contribution is -2.30. The van der Waals surface area contributed by atoms with E-state index in [9.17, 15) is 9.90 Å². The number of amides is 1. The monoisotopic (exact) mass is 326 g/mol. The van der Waals surface area contributed by atoms with Crippen LogP contribution < -0.4 is 4.74 Å². The number of nitrogens with zero attached hydrogens (tertiary/aromatic N) is 2. The van der Waals surface area contributed by atoms with Gasteiger partial charge in [0.05, 0.1) is 6.10 Å². The van der Waals surface area contributed by atoms with Gasteiger partial charge < -0.3 is 14.7 Å². The molecule has 2 atom stereocenters. The minimum Gasteiger partial charge on any atom is -0.489 e. The van der Waals surface area contributed by atoms with Crippen LogP contribution in [0.4, 0.5) is 0 Å². The van der Waals surface area contributed by atoms with Crippen LogP contribution in [0.2, 0.25) is 0 Å². The Kier molecular flexibility index (Phi) is 5.11. The number of aromatic nitrogens is 1. The van der Waals surface area contributed by atoms with Gasteiger partial charge in [-0.25, -0.2) is 0 Å². The zero-order valence-corrected chi connectivity index (χ0v) is 13.8. The van der Waals surface area contributed by atoms with Crippen molar-refractivity contribution in [3.63, 3.8) is 0 Å². The molecule has 3 rings (SSSR count). The Morgan fingerprint density at radius 1 is 1.42 bits per heavy atom. The van der Waals surface area contributed by atoms with Gasteiger partial charge in [-0.3, -0.25) is 9.78 Å². The van der Waals surface area contributed by atoms with Gasteiger partial charge in [0, 0.05) is 42.5 Å². The van der Waals surface area contributed by atoms with Gasteiger partial charge in [-0.1, -0.05) is 12.1 Å². The average molecular weight is 326 g/mol. The van der Waals surface area contributed by atoms with Gasteiger partial charge in [-0.15, -0.1) is 0 Å². The fourth-order valence-electron chi connectivity index (χ4n) is 2.92. The Hall–Kier alpha value is -2.40. The van der Waals surface area contributed by atoms with Crippen LogP contribution in [0.3, 0.4) is 0 Å².